The van der Waals surface area contributed by atoms with Gasteiger partial charge in [-0.25, -0.2) is 31.5 Å². The van der Waals surface area contributed by atoms with Crippen molar-refractivity contribution in [1.29, 1.82) is 0 Å². The summed E-state index contributed by atoms with van der Waals surface area (Å²) in [5, 5.41) is 0.754. The Bertz CT molecular complexity index is 1550. The largest absolute Gasteiger partial charge is 0.346 e. The molecule has 1 aliphatic carbocycles. The van der Waals surface area contributed by atoms with Gasteiger partial charge in [-0.3, -0.25) is 0 Å². The third kappa shape index (κ3) is 3.31. The number of aromatic nitrogens is 4. The molecule has 0 atom stereocenters. The van der Waals surface area contributed by atoms with Crippen LogP contribution in [0.2, 0.25) is 0 Å². The number of rotatable bonds is 6. The first-order valence-corrected chi connectivity index (χ1v) is 13.4. The molecule has 32 heavy (non-hydrogen) atoms. The number of benzene rings is 1. The van der Waals surface area contributed by atoms with Crippen molar-refractivity contribution < 1.29 is 16.8 Å². The van der Waals surface area contributed by atoms with E-state index in [1.807, 2.05) is 6.07 Å². The number of hydrogen-bond acceptors (Lipinski definition) is 6. The molecule has 0 bridgehead atoms. The van der Waals surface area contributed by atoms with Crippen molar-refractivity contribution in [3.63, 3.8) is 0 Å². The number of nitrogens with one attached hydrogen (secondary N) is 2. The van der Waals surface area contributed by atoms with E-state index in [4.69, 9.17) is 0 Å². The van der Waals surface area contributed by atoms with Gasteiger partial charge in [-0.2, -0.15) is 0 Å². The quantitative estimate of drug-likeness (QED) is 0.443. The number of imidazole rings is 1. The molecule has 2 N–H and O–H groups in total. The average Bonchev–Trinajstić information content (AvgIpc) is 3.35. The summed E-state index contributed by atoms with van der Waals surface area (Å²) in [6.45, 7) is 1.76. The van der Waals surface area contributed by atoms with Crippen LogP contribution in [0.5, 0.6) is 0 Å². The summed E-state index contributed by atoms with van der Waals surface area (Å²) in [6, 6.07) is 8.51. The lowest BCUT2D eigenvalue weighted by atomic mass is 9.81. The zero-order valence-corrected chi connectivity index (χ0v) is 19.2. The summed E-state index contributed by atoms with van der Waals surface area (Å²) in [7, 11) is -5.84. The second-order valence-electron chi connectivity index (χ2n) is 8.24. The summed E-state index contributed by atoms with van der Waals surface area (Å²) in [6.07, 6.45) is 4.43. The lowest BCUT2D eigenvalue weighted by Gasteiger charge is -2.37. The molecule has 1 aliphatic rings. The highest BCUT2D eigenvalue weighted by Crippen LogP contribution is 2.43. The standard InChI is InChI=1S/C21H23N5O4S2/c1-13-5-3-4-6-18(13)32(29,30)21-25-17-11-24-20-16(7-8-23-20)19(17)26(21)15-9-14(10-15)12-31(27,28)22-2/h3-8,11,14-15,22H,9-10,12H2,1-2H3,(H,23,24). The van der Waals surface area contributed by atoms with Gasteiger partial charge in [0.05, 0.1) is 22.4 Å². The number of sulfone groups is 1. The first-order chi connectivity index (χ1) is 15.2. The molecule has 0 saturated heterocycles. The minimum Gasteiger partial charge on any atom is -0.346 e. The van der Waals surface area contributed by atoms with Crippen LogP contribution in [-0.4, -0.2) is 49.2 Å². The van der Waals surface area contributed by atoms with Gasteiger partial charge < -0.3 is 9.55 Å². The fraction of sp³-hybridized carbons (Fsp3) is 0.333. The molecule has 0 radical (unpaired) electrons. The van der Waals surface area contributed by atoms with Gasteiger partial charge >= 0.3 is 0 Å². The van der Waals surface area contributed by atoms with E-state index in [9.17, 15) is 16.8 Å². The predicted molar refractivity (Wildman–Crippen MR) is 121 cm³/mol. The minimum atomic E-state index is -3.91. The van der Waals surface area contributed by atoms with Gasteiger partial charge in [0.15, 0.2) is 0 Å². The third-order valence-electron chi connectivity index (χ3n) is 6.17. The Morgan fingerprint density at radius 3 is 2.62 bits per heavy atom. The number of pyridine rings is 1. The molecule has 1 aromatic carbocycles. The van der Waals surface area contributed by atoms with Crippen LogP contribution >= 0.6 is 0 Å². The first kappa shape index (κ1) is 21.1. The summed E-state index contributed by atoms with van der Waals surface area (Å²) >= 11 is 0. The normalized spacial score (nSPS) is 19.4. The third-order valence-corrected chi connectivity index (χ3v) is 9.51. The maximum absolute atomic E-state index is 13.7. The lowest BCUT2D eigenvalue weighted by molar-refractivity contribution is 0.211. The van der Waals surface area contributed by atoms with Crippen molar-refractivity contribution >= 4 is 41.9 Å². The van der Waals surface area contributed by atoms with Gasteiger partial charge in [0.2, 0.25) is 25.0 Å². The number of hydrogen-bond donors (Lipinski definition) is 2. The SMILES string of the molecule is CNS(=O)(=O)CC1CC(n2c(S(=O)(=O)c3ccccc3C)nc3cnc4[nH]ccc4c32)C1. The second-order valence-corrected chi connectivity index (χ2v) is 12.0. The van der Waals surface area contributed by atoms with Gasteiger partial charge in [0.25, 0.3) is 0 Å². The van der Waals surface area contributed by atoms with Crippen molar-refractivity contribution in [2.75, 3.05) is 12.8 Å². The van der Waals surface area contributed by atoms with Crippen LogP contribution in [0, 0.1) is 12.8 Å². The van der Waals surface area contributed by atoms with Crippen LogP contribution in [-0.2, 0) is 19.9 Å². The van der Waals surface area contributed by atoms with Crippen molar-refractivity contribution in [3.8, 4) is 0 Å². The number of aryl methyl sites for hydroxylation is 1. The van der Waals surface area contributed by atoms with Crippen LogP contribution in [0.25, 0.3) is 22.1 Å². The maximum atomic E-state index is 13.7. The summed E-state index contributed by atoms with van der Waals surface area (Å²) in [5.74, 6) is -0.0272. The Labute approximate surface area is 185 Å². The number of fused-ring (bicyclic) bond motifs is 3. The molecule has 3 heterocycles. The van der Waals surface area contributed by atoms with Crippen LogP contribution in [0.15, 0.2) is 52.8 Å². The van der Waals surface area contributed by atoms with Gasteiger partial charge in [-0.15, -0.1) is 0 Å². The predicted octanol–water partition coefficient (Wildman–Crippen LogP) is 2.55. The van der Waals surface area contributed by atoms with Crippen molar-refractivity contribution in [2.45, 2.75) is 35.9 Å². The summed E-state index contributed by atoms with van der Waals surface area (Å²) in [5.41, 5.74) is 2.48. The highest BCUT2D eigenvalue weighted by atomic mass is 32.2. The number of nitrogens with zero attached hydrogens (tertiary/aromatic N) is 3. The average molecular weight is 474 g/mol. The minimum absolute atomic E-state index is 0.0215. The highest BCUT2D eigenvalue weighted by Gasteiger charge is 2.39. The van der Waals surface area contributed by atoms with Crippen LogP contribution in [0.3, 0.4) is 0 Å². The van der Waals surface area contributed by atoms with Crippen molar-refractivity contribution in [2.24, 2.45) is 5.92 Å². The van der Waals surface area contributed by atoms with Gasteiger partial charge in [0.1, 0.15) is 11.2 Å². The molecule has 9 nitrogen and oxygen atoms in total. The first-order valence-electron chi connectivity index (χ1n) is 10.3. The smallest absolute Gasteiger partial charge is 0.240 e. The summed E-state index contributed by atoms with van der Waals surface area (Å²) < 4.78 is 55.4. The molecule has 4 aromatic rings. The number of sulfonamides is 1. The van der Waals surface area contributed by atoms with E-state index >= 15 is 0 Å². The molecule has 1 fully saturated rings. The van der Waals surface area contributed by atoms with Gasteiger partial charge in [-0.05, 0) is 50.4 Å². The Morgan fingerprint density at radius 2 is 1.91 bits per heavy atom. The van der Waals surface area contributed by atoms with Gasteiger partial charge in [0, 0.05) is 17.6 Å². The molecule has 3 aromatic heterocycles. The van der Waals surface area contributed by atoms with Gasteiger partial charge in [-0.1, -0.05) is 18.2 Å². The topological polar surface area (TPSA) is 127 Å². The Morgan fingerprint density at radius 1 is 1.16 bits per heavy atom. The Balaban J connectivity index is 1.67. The van der Waals surface area contributed by atoms with Crippen LogP contribution < -0.4 is 4.72 Å². The van der Waals surface area contributed by atoms with E-state index in [1.165, 1.54) is 7.05 Å². The molecular weight excluding hydrogens is 450 g/mol. The highest BCUT2D eigenvalue weighted by molar-refractivity contribution is 7.91. The molecule has 5 rings (SSSR count). The molecule has 0 spiro atoms. The fourth-order valence-electron chi connectivity index (χ4n) is 4.50. The van der Waals surface area contributed by atoms with E-state index in [1.54, 1.807) is 48.1 Å². The number of aromatic amines is 1. The number of H-pyrrole nitrogens is 1. The Kier molecular flexibility index (Phi) is 4.88. The van der Waals surface area contributed by atoms with Crippen LogP contribution in [0.4, 0.5) is 0 Å². The van der Waals surface area contributed by atoms with Crippen LogP contribution in [0.1, 0.15) is 24.4 Å². The van der Waals surface area contributed by atoms with E-state index in [0.29, 0.717) is 35.1 Å². The molecule has 0 unspecified atom stereocenters. The summed E-state index contributed by atoms with van der Waals surface area (Å²) in [4.78, 5) is 12.2. The van der Waals surface area contributed by atoms with E-state index in [-0.39, 0.29) is 27.8 Å². The van der Waals surface area contributed by atoms with E-state index < -0.39 is 19.9 Å². The maximum Gasteiger partial charge on any atom is 0.240 e. The molecule has 168 valence electrons. The second kappa shape index (κ2) is 7.39. The molecule has 11 heteroatoms. The fourth-order valence-corrected chi connectivity index (χ4v) is 7.22. The molecular formula is C21H23N5O4S2. The van der Waals surface area contributed by atoms with E-state index in [2.05, 4.69) is 19.7 Å². The molecule has 1 saturated carbocycles. The zero-order chi connectivity index (χ0) is 22.7. The Hall–Kier alpha value is -2.76. The monoisotopic (exact) mass is 473 g/mol. The van der Waals surface area contributed by atoms with Crippen molar-refractivity contribution in [1.82, 2.24) is 24.2 Å². The zero-order valence-electron chi connectivity index (χ0n) is 17.6. The van der Waals surface area contributed by atoms with Crippen molar-refractivity contribution in [3.05, 3.63) is 48.3 Å². The molecule has 0 aliphatic heterocycles. The van der Waals surface area contributed by atoms with E-state index in [0.717, 1.165) is 5.39 Å². The lowest BCUT2D eigenvalue weighted by Crippen LogP contribution is -2.36. The molecule has 0 amide bonds.